The lowest BCUT2D eigenvalue weighted by Gasteiger charge is -2.14. The van der Waals surface area contributed by atoms with Crippen molar-refractivity contribution in [2.45, 2.75) is 41.0 Å². The van der Waals surface area contributed by atoms with Gasteiger partial charge in [-0.3, -0.25) is 9.79 Å². The van der Waals surface area contributed by atoms with E-state index < -0.39 is 11.2 Å². The van der Waals surface area contributed by atoms with Crippen molar-refractivity contribution in [3.63, 3.8) is 0 Å². The number of carbonyl (C=O) groups excluding carboxylic acids is 1. The number of amides is 1. The van der Waals surface area contributed by atoms with Crippen molar-refractivity contribution in [2.24, 2.45) is 15.4 Å². The fraction of sp³-hybridized carbons (Fsp3) is 0.280. The maximum Gasteiger partial charge on any atom is 0.237 e. The molecular weight excluding hydrogens is 424 g/mol. The molecule has 0 unspecified atom stereocenters. The Balaban J connectivity index is 0.00000149. The molecule has 6 nitrogen and oxygen atoms in total. The van der Waals surface area contributed by atoms with Crippen LogP contribution in [0, 0.1) is 17.0 Å². The number of hydrogen-bond donors (Lipinski definition) is 1. The van der Waals surface area contributed by atoms with Crippen LogP contribution >= 0.6 is 0 Å². The van der Waals surface area contributed by atoms with Crippen molar-refractivity contribution in [1.82, 2.24) is 15.1 Å². The van der Waals surface area contributed by atoms with Crippen molar-refractivity contribution in [1.29, 1.82) is 0 Å². The summed E-state index contributed by atoms with van der Waals surface area (Å²) in [7, 11) is 0. The Morgan fingerprint density at radius 3 is 2.55 bits per heavy atom. The quantitative estimate of drug-likeness (QED) is 0.436. The van der Waals surface area contributed by atoms with Crippen molar-refractivity contribution >= 4 is 29.4 Å². The second-order valence-corrected chi connectivity index (χ2v) is 7.88. The molecule has 3 aromatic rings. The fourth-order valence-electron chi connectivity index (χ4n) is 3.64. The van der Waals surface area contributed by atoms with Crippen LogP contribution in [0.3, 0.4) is 0 Å². The summed E-state index contributed by atoms with van der Waals surface area (Å²) in [6, 6.07) is 10.7. The van der Waals surface area contributed by atoms with Crippen molar-refractivity contribution < 1.29 is 13.6 Å². The highest BCUT2D eigenvalue weighted by molar-refractivity contribution is 5.96. The van der Waals surface area contributed by atoms with Gasteiger partial charge in [-0.2, -0.15) is 5.10 Å². The predicted molar refractivity (Wildman–Crippen MR) is 127 cm³/mol. The molecule has 33 heavy (non-hydrogen) atoms. The second-order valence-electron chi connectivity index (χ2n) is 7.88. The first-order valence-electron chi connectivity index (χ1n) is 10.7. The molecule has 0 atom stereocenters. The van der Waals surface area contributed by atoms with Gasteiger partial charge in [-0.1, -0.05) is 32.0 Å². The molecule has 1 aliphatic heterocycles. The first-order chi connectivity index (χ1) is 15.7. The van der Waals surface area contributed by atoms with Crippen LogP contribution in [0.5, 0.6) is 0 Å². The molecule has 1 N–H and O–H groups in total. The van der Waals surface area contributed by atoms with E-state index in [-0.39, 0.29) is 18.1 Å². The number of nitrogens with one attached hydrogen (secondary N) is 1. The molecule has 0 saturated carbocycles. The molecule has 0 aliphatic carbocycles. The lowest BCUT2D eigenvalue weighted by Crippen LogP contribution is -2.28. The summed E-state index contributed by atoms with van der Waals surface area (Å²) in [4.78, 5) is 20.8. The largest absolute Gasteiger partial charge is 0.308 e. The molecule has 0 fully saturated rings. The summed E-state index contributed by atoms with van der Waals surface area (Å²) >= 11 is 0. The SMILES string of the molecule is C=NC1=C(/N=C(\C)n2nc(Cc3ccccc3F)c3cc(F)ccc32)NC(=O)C1(C)C.CC. The first-order valence-corrected chi connectivity index (χ1v) is 10.7. The first kappa shape index (κ1) is 24.0. The number of carbonyl (C=O) groups is 1. The minimum atomic E-state index is -0.855. The highest BCUT2D eigenvalue weighted by atomic mass is 19.1. The second kappa shape index (κ2) is 9.44. The van der Waals surface area contributed by atoms with Crippen molar-refractivity contribution in [2.75, 3.05) is 0 Å². The molecule has 4 rings (SSSR count). The van der Waals surface area contributed by atoms with Gasteiger partial charge in [0.25, 0.3) is 0 Å². The Morgan fingerprint density at radius 1 is 1.18 bits per heavy atom. The maximum atomic E-state index is 14.2. The molecule has 8 heteroatoms. The Kier molecular flexibility index (Phi) is 6.86. The number of halogens is 2. The lowest BCUT2D eigenvalue weighted by atomic mass is 9.91. The van der Waals surface area contributed by atoms with Gasteiger partial charge in [0.1, 0.15) is 17.5 Å². The van der Waals surface area contributed by atoms with E-state index in [2.05, 4.69) is 27.1 Å². The van der Waals surface area contributed by atoms with Gasteiger partial charge in [0.15, 0.2) is 5.82 Å². The Morgan fingerprint density at radius 2 is 1.88 bits per heavy atom. The molecule has 1 amide bonds. The molecule has 0 spiro atoms. The molecule has 0 bridgehead atoms. The maximum absolute atomic E-state index is 14.2. The Labute approximate surface area is 191 Å². The number of aliphatic imine (C=N–C) groups is 2. The topological polar surface area (TPSA) is 71.6 Å². The minimum absolute atomic E-state index is 0.193. The summed E-state index contributed by atoms with van der Waals surface area (Å²) < 4.78 is 29.7. The van der Waals surface area contributed by atoms with Crippen LogP contribution in [0.4, 0.5) is 8.78 Å². The average molecular weight is 452 g/mol. The molecule has 1 aliphatic rings. The van der Waals surface area contributed by atoms with E-state index in [1.807, 2.05) is 13.8 Å². The zero-order chi connectivity index (χ0) is 24.3. The van der Waals surface area contributed by atoms with Gasteiger partial charge < -0.3 is 5.32 Å². The van der Waals surface area contributed by atoms with Gasteiger partial charge in [0.05, 0.1) is 22.3 Å². The lowest BCUT2D eigenvalue weighted by molar-refractivity contribution is -0.125. The van der Waals surface area contributed by atoms with E-state index >= 15 is 0 Å². The molecule has 172 valence electrons. The number of nitrogens with zero attached hydrogens (tertiary/aromatic N) is 4. The molecule has 2 aromatic carbocycles. The van der Waals surface area contributed by atoms with Gasteiger partial charge in [0.2, 0.25) is 5.91 Å². The zero-order valence-corrected chi connectivity index (χ0v) is 19.4. The Hall–Kier alpha value is -3.68. The van der Waals surface area contributed by atoms with Crippen LogP contribution in [0.15, 0.2) is 64.0 Å². The summed E-state index contributed by atoms with van der Waals surface area (Å²) in [5, 5.41) is 7.87. The summed E-state index contributed by atoms with van der Waals surface area (Å²) in [6.07, 6.45) is 0.193. The standard InChI is InChI=1S/C23H21F2N5O.C2H6/c1-13(27-21-20(26-4)23(2,3)22(31)28-21)30-19-10-9-15(24)12-16(19)18(29-30)11-14-7-5-6-8-17(14)25;1-2/h5-10,12H,4,11H2,1-3H3,(H,28,31);1-2H3/b27-13+;. The van der Waals surface area contributed by atoms with Crippen molar-refractivity contribution in [3.8, 4) is 0 Å². The third kappa shape index (κ3) is 4.46. The van der Waals surface area contributed by atoms with Crippen LogP contribution in [0.25, 0.3) is 10.9 Å². The van der Waals surface area contributed by atoms with Gasteiger partial charge in [-0.05, 0) is 57.3 Å². The van der Waals surface area contributed by atoms with Gasteiger partial charge in [-0.15, -0.1) is 0 Å². The summed E-state index contributed by atoms with van der Waals surface area (Å²) in [5.74, 6) is -0.264. The van der Waals surface area contributed by atoms with Crippen LogP contribution in [-0.2, 0) is 11.2 Å². The average Bonchev–Trinajstić information content (AvgIpc) is 3.24. The third-order valence-corrected chi connectivity index (χ3v) is 5.39. The van der Waals surface area contributed by atoms with E-state index in [9.17, 15) is 13.6 Å². The highest BCUT2D eigenvalue weighted by Gasteiger charge is 2.41. The van der Waals surface area contributed by atoms with Crippen LogP contribution in [-0.4, -0.2) is 28.2 Å². The molecule has 0 saturated heterocycles. The van der Waals surface area contributed by atoms with Crippen LogP contribution in [0.2, 0.25) is 0 Å². The predicted octanol–water partition coefficient (Wildman–Crippen LogP) is 5.22. The number of fused-ring (bicyclic) bond motifs is 1. The summed E-state index contributed by atoms with van der Waals surface area (Å²) in [5.41, 5.74) is 1.17. The smallest absolute Gasteiger partial charge is 0.237 e. The normalized spacial score (nSPS) is 15.4. The fourth-order valence-corrected chi connectivity index (χ4v) is 3.64. The van der Waals surface area contributed by atoms with Crippen LogP contribution < -0.4 is 5.32 Å². The number of benzene rings is 2. The Bertz CT molecular complexity index is 1290. The molecular formula is C25H27F2N5O. The van der Waals surface area contributed by atoms with E-state index in [0.29, 0.717) is 39.5 Å². The monoisotopic (exact) mass is 451 g/mol. The van der Waals surface area contributed by atoms with Crippen molar-refractivity contribution in [3.05, 3.63) is 76.9 Å². The minimum Gasteiger partial charge on any atom is -0.308 e. The molecule has 2 heterocycles. The zero-order valence-electron chi connectivity index (χ0n) is 19.4. The number of rotatable bonds is 4. The summed E-state index contributed by atoms with van der Waals surface area (Å²) in [6.45, 7) is 12.7. The third-order valence-electron chi connectivity index (χ3n) is 5.39. The number of aromatic nitrogens is 2. The van der Waals surface area contributed by atoms with Gasteiger partial charge >= 0.3 is 0 Å². The molecule has 0 radical (unpaired) electrons. The van der Waals surface area contributed by atoms with Gasteiger partial charge in [0, 0.05) is 11.8 Å². The van der Waals surface area contributed by atoms with E-state index in [4.69, 9.17) is 0 Å². The highest BCUT2D eigenvalue weighted by Crippen LogP contribution is 2.35. The molecule has 1 aromatic heterocycles. The van der Waals surface area contributed by atoms with E-state index in [1.54, 1.807) is 49.7 Å². The van der Waals surface area contributed by atoms with E-state index in [1.165, 1.54) is 18.2 Å². The van der Waals surface area contributed by atoms with E-state index in [0.717, 1.165) is 0 Å². The van der Waals surface area contributed by atoms with Gasteiger partial charge in [-0.25, -0.2) is 18.5 Å². The van der Waals surface area contributed by atoms with Crippen LogP contribution in [0.1, 0.15) is 45.9 Å². The number of hydrogen-bond acceptors (Lipinski definition) is 4.